The van der Waals surface area contributed by atoms with Crippen molar-refractivity contribution >= 4 is 16.6 Å². The molecule has 2 atom stereocenters. The highest BCUT2D eigenvalue weighted by Crippen LogP contribution is 2.41. The highest BCUT2D eigenvalue weighted by Gasteiger charge is 2.49. The number of nitrogens with two attached hydrogens (primary N) is 1. The summed E-state index contributed by atoms with van der Waals surface area (Å²) in [6.07, 6.45) is -3.13. The molecule has 2 unspecified atom stereocenters. The summed E-state index contributed by atoms with van der Waals surface area (Å²) in [6, 6.07) is 10.1. The lowest BCUT2D eigenvalue weighted by atomic mass is 10.0. The van der Waals surface area contributed by atoms with E-state index in [1.165, 1.54) is 27.6 Å². The average molecular weight is 503 g/mol. The van der Waals surface area contributed by atoms with Crippen LogP contribution in [0.3, 0.4) is 0 Å². The van der Waals surface area contributed by atoms with E-state index in [0.29, 0.717) is 28.4 Å². The standard InChI is InChI=1S/C25H26F4N6O/c1-15(2)36-19-5-3-4-16-6-8-18(31-21(16)19)23-33-32-20-9-7-17(12-35(20)23)22(25(27,28)29)34-11-10-24(30,13-26)14-34/h3-9,12,15,22H,10-11,13-14,30H2,1-2H3. The molecule has 4 heterocycles. The summed E-state index contributed by atoms with van der Waals surface area (Å²) < 4.78 is 63.5. The maximum Gasteiger partial charge on any atom is 0.408 e. The molecule has 0 amide bonds. The molecule has 7 nitrogen and oxygen atoms in total. The van der Waals surface area contributed by atoms with Gasteiger partial charge >= 0.3 is 6.18 Å². The van der Waals surface area contributed by atoms with Crippen LogP contribution >= 0.6 is 0 Å². The molecule has 0 saturated carbocycles. The normalized spacial score (nSPS) is 20.0. The van der Waals surface area contributed by atoms with Crippen molar-refractivity contribution in [1.29, 1.82) is 0 Å². The molecule has 1 aromatic carbocycles. The zero-order valence-corrected chi connectivity index (χ0v) is 19.8. The Morgan fingerprint density at radius 2 is 1.92 bits per heavy atom. The Morgan fingerprint density at radius 1 is 1.11 bits per heavy atom. The number of halogens is 4. The molecule has 0 bridgehead atoms. The Bertz CT molecular complexity index is 1400. The van der Waals surface area contributed by atoms with E-state index in [0.717, 1.165) is 5.39 Å². The van der Waals surface area contributed by atoms with Gasteiger partial charge in [-0.2, -0.15) is 13.2 Å². The van der Waals surface area contributed by atoms with Crippen molar-refractivity contribution in [2.75, 3.05) is 19.8 Å². The fourth-order valence-electron chi connectivity index (χ4n) is 4.70. The third-order valence-electron chi connectivity index (χ3n) is 6.37. The van der Waals surface area contributed by atoms with Crippen LogP contribution in [0.4, 0.5) is 17.6 Å². The zero-order chi connectivity index (χ0) is 25.7. The molecule has 1 fully saturated rings. The first kappa shape index (κ1) is 24.4. The number of fused-ring (bicyclic) bond motifs is 2. The van der Waals surface area contributed by atoms with Crippen molar-refractivity contribution in [3.05, 3.63) is 54.2 Å². The summed E-state index contributed by atoms with van der Waals surface area (Å²) in [7, 11) is 0. The molecule has 1 saturated heterocycles. The maximum atomic E-state index is 14.2. The number of hydrogen-bond acceptors (Lipinski definition) is 6. The minimum atomic E-state index is -4.59. The number of hydrogen-bond donors (Lipinski definition) is 1. The van der Waals surface area contributed by atoms with Crippen molar-refractivity contribution in [1.82, 2.24) is 24.5 Å². The van der Waals surface area contributed by atoms with Crippen molar-refractivity contribution in [3.8, 4) is 17.3 Å². The molecule has 190 valence electrons. The van der Waals surface area contributed by atoms with E-state index in [-0.39, 0.29) is 31.2 Å². The lowest BCUT2D eigenvalue weighted by Gasteiger charge is -2.31. The Hall–Kier alpha value is -3.31. The molecular weight excluding hydrogens is 476 g/mol. The van der Waals surface area contributed by atoms with Crippen LogP contribution < -0.4 is 10.5 Å². The van der Waals surface area contributed by atoms with Crippen molar-refractivity contribution in [2.24, 2.45) is 5.73 Å². The van der Waals surface area contributed by atoms with Crippen molar-refractivity contribution < 1.29 is 22.3 Å². The summed E-state index contributed by atoms with van der Waals surface area (Å²) in [5.74, 6) is 0.899. The van der Waals surface area contributed by atoms with Gasteiger partial charge in [0.2, 0.25) is 0 Å². The first-order chi connectivity index (χ1) is 17.1. The molecule has 5 rings (SSSR count). The monoisotopic (exact) mass is 502 g/mol. The summed E-state index contributed by atoms with van der Waals surface area (Å²) in [5.41, 5.74) is 6.09. The van der Waals surface area contributed by atoms with Gasteiger partial charge in [0.05, 0.1) is 11.6 Å². The lowest BCUT2D eigenvalue weighted by molar-refractivity contribution is -0.184. The van der Waals surface area contributed by atoms with Gasteiger partial charge in [-0.3, -0.25) is 9.30 Å². The summed E-state index contributed by atoms with van der Waals surface area (Å²) >= 11 is 0. The first-order valence-corrected chi connectivity index (χ1v) is 11.6. The first-order valence-electron chi connectivity index (χ1n) is 11.6. The van der Waals surface area contributed by atoms with Crippen LogP contribution in [0.2, 0.25) is 0 Å². The highest BCUT2D eigenvalue weighted by molar-refractivity contribution is 5.86. The van der Waals surface area contributed by atoms with E-state index in [9.17, 15) is 17.6 Å². The Balaban J connectivity index is 1.58. The average Bonchev–Trinajstić information content (AvgIpc) is 3.42. The van der Waals surface area contributed by atoms with Crippen LogP contribution in [0, 0.1) is 0 Å². The number of nitrogens with zero attached hydrogens (tertiary/aromatic N) is 5. The largest absolute Gasteiger partial charge is 0.489 e. The Morgan fingerprint density at radius 3 is 2.61 bits per heavy atom. The van der Waals surface area contributed by atoms with Gasteiger partial charge < -0.3 is 10.5 Å². The number of benzene rings is 1. The third kappa shape index (κ3) is 4.48. The maximum absolute atomic E-state index is 14.2. The molecule has 1 aliphatic heterocycles. The molecule has 4 aromatic rings. The van der Waals surface area contributed by atoms with Gasteiger partial charge in [-0.1, -0.05) is 24.3 Å². The van der Waals surface area contributed by atoms with Gasteiger partial charge in [0.1, 0.15) is 29.7 Å². The Labute approximate surface area is 204 Å². The zero-order valence-electron chi connectivity index (χ0n) is 19.8. The van der Waals surface area contributed by atoms with E-state index in [4.69, 9.17) is 15.5 Å². The second kappa shape index (κ2) is 8.97. The number of alkyl halides is 4. The van der Waals surface area contributed by atoms with E-state index in [2.05, 4.69) is 10.2 Å². The van der Waals surface area contributed by atoms with Gasteiger partial charge in [0, 0.05) is 24.7 Å². The molecule has 36 heavy (non-hydrogen) atoms. The number of likely N-dealkylation sites (tertiary alicyclic amines) is 1. The Kier molecular flexibility index (Phi) is 6.08. The number of rotatable bonds is 6. The number of para-hydroxylation sites is 1. The number of pyridine rings is 2. The predicted octanol–water partition coefficient (Wildman–Crippen LogP) is 4.71. The summed E-state index contributed by atoms with van der Waals surface area (Å²) in [4.78, 5) is 5.90. The van der Waals surface area contributed by atoms with E-state index in [1.54, 1.807) is 6.07 Å². The van der Waals surface area contributed by atoms with Gasteiger partial charge in [-0.25, -0.2) is 9.37 Å². The fourth-order valence-corrected chi connectivity index (χ4v) is 4.70. The third-order valence-corrected chi connectivity index (χ3v) is 6.37. The summed E-state index contributed by atoms with van der Waals surface area (Å²) in [5, 5.41) is 9.18. The summed E-state index contributed by atoms with van der Waals surface area (Å²) in [6.45, 7) is 2.80. The lowest BCUT2D eigenvalue weighted by Crippen LogP contribution is -2.47. The fraction of sp³-hybridized carbons (Fsp3) is 0.400. The van der Waals surface area contributed by atoms with Crippen LogP contribution in [0.5, 0.6) is 5.75 Å². The molecular formula is C25H26F4N6O. The second-order valence-electron chi connectivity index (χ2n) is 9.57. The van der Waals surface area contributed by atoms with E-state index >= 15 is 0 Å². The molecule has 3 aromatic heterocycles. The van der Waals surface area contributed by atoms with Crippen LogP contribution in [0.15, 0.2) is 48.7 Å². The molecule has 0 spiro atoms. The van der Waals surface area contributed by atoms with Crippen LogP contribution in [0.1, 0.15) is 31.9 Å². The number of aromatic nitrogens is 4. The molecule has 0 radical (unpaired) electrons. The van der Waals surface area contributed by atoms with Crippen molar-refractivity contribution in [3.63, 3.8) is 0 Å². The van der Waals surface area contributed by atoms with Gasteiger partial charge in [0.25, 0.3) is 0 Å². The predicted molar refractivity (Wildman–Crippen MR) is 127 cm³/mol. The van der Waals surface area contributed by atoms with Crippen LogP contribution in [-0.4, -0.2) is 62.1 Å². The number of ether oxygens (including phenoxy) is 1. The molecule has 11 heteroatoms. The minimum Gasteiger partial charge on any atom is -0.489 e. The molecule has 2 N–H and O–H groups in total. The van der Waals surface area contributed by atoms with Crippen molar-refractivity contribution in [2.45, 2.75) is 44.1 Å². The van der Waals surface area contributed by atoms with Gasteiger partial charge in [0.15, 0.2) is 11.5 Å². The van der Waals surface area contributed by atoms with Gasteiger partial charge in [-0.15, -0.1) is 10.2 Å². The van der Waals surface area contributed by atoms with Crippen LogP contribution in [0.25, 0.3) is 28.1 Å². The quantitative estimate of drug-likeness (QED) is 0.385. The highest BCUT2D eigenvalue weighted by atomic mass is 19.4. The molecule has 0 aliphatic carbocycles. The smallest absolute Gasteiger partial charge is 0.408 e. The van der Waals surface area contributed by atoms with Crippen LogP contribution in [-0.2, 0) is 0 Å². The second-order valence-corrected chi connectivity index (χ2v) is 9.57. The van der Waals surface area contributed by atoms with Gasteiger partial charge in [-0.05, 0) is 44.0 Å². The van der Waals surface area contributed by atoms with E-state index < -0.39 is 24.4 Å². The molecule has 1 aliphatic rings. The SMILES string of the molecule is CC(C)Oc1cccc2ccc(-c3nnc4ccc(C(N5CCC(N)(CF)C5)C(F)(F)F)cn34)nc12. The van der Waals surface area contributed by atoms with E-state index in [1.807, 2.05) is 38.1 Å². The minimum absolute atomic E-state index is 0.0104. The topological polar surface area (TPSA) is 81.6 Å².